The lowest BCUT2D eigenvalue weighted by molar-refractivity contribution is 0.0652. The lowest BCUT2D eigenvalue weighted by Crippen LogP contribution is -2.31. The molecule has 1 aliphatic rings. The summed E-state index contributed by atoms with van der Waals surface area (Å²) in [6, 6.07) is 22.2. The van der Waals surface area contributed by atoms with Crippen LogP contribution in [0, 0.1) is 0 Å². The molecule has 0 bridgehead atoms. The van der Waals surface area contributed by atoms with Crippen molar-refractivity contribution in [2.75, 3.05) is 6.54 Å². The Balaban J connectivity index is 1.46. The summed E-state index contributed by atoms with van der Waals surface area (Å²) in [5, 5.41) is 0. The Labute approximate surface area is 174 Å². The molecule has 0 aliphatic carbocycles. The number of rotatable bonds is 7. The van der Waals surface area contributed by atoms with Crippen LogP contribution < -0.4 is 0 Å². The molecule has 0 spiro atoms. The largest absolute Gasteiger partial charge is 0.285 e. The SMILES string of the molecule is O=C(C(=O)c1ccccc1CCCN1C(=O)c2ccccc2C1=O)c1ccccc1. The van der Waals surface area contributed by atoms with Crippen molar-refractivity contribution < 1.29 is 19.2 Å². The van der Waals surface area contributed by atoms with Crippen LogP contribution in [0.1, 0.15) is 53.4 Å². The van der Waals surface area contributed by atoms with Gasteiger partial charge in [0.2, 0.25) is 11.6 Å². The van der Waals surface area contributed by atoms with Crippen molar-refractivity contribution in [3.05, 3.63) is 107 Å². The van der Waals surface area contributed by atoms with E-state index in [1.165, 1.54) is 4.90 Å². The number of nitrogens with zero attached hydrogens (tertiary/aromatic N) is 1. The molecule has 30 heavy (non-hydrogen) atoms. The molecule has 0 fully saturated rings. The van der Waals surface area contributed by atoms with Gasteiger partial charge in [0.15, 0.2) is 0 Å². The van der Waals surface area contributed by atoms with Crippen LogP contribution in [0.5, 0.6) is 0 Å². The average Bonchev–Trinajstić information content (AvgIpc) is 3.04. The zero-order chi connectivity index (χ0) is 21.1. The molecule has 4 rings (SSSR count). The lowest BCUT2D eigenvalue weighted by Gasteiger charge is -2.14. The predicted octanol–water partition coefficient (Wildman–Crippen LogP) is 3.98. The van der Waals surface area contributed by atoms with Crippen LogP contribution >= 0.6 is 0 Å². The smallest absolute Gasteiger partial charge is 0.261 e. The van der Waals surface area contributed by atoms with E-state index in [1.54, 1.807) is 78.9 Å². The van der Waals surface area contributed by atoms with E-state index < -0.39 is 11.6 Å². The first-order chi connectivity index (χ1) is 14.6. The van der Waals surface area contributed by atoms with Crippen molar-refractivity contribution in [2.24, 2.45) is 0 Å². The highest BCUT2D eigenvalue weighted by molar-refractivity contribution is 6.49. The molecule has 1 heterocycles. The summed E-state index contributed by atoms with van der Waals surface area (Å²) < 4.78 is 0. The van der Waals surface area contributed by atoms with Crippen LogP contribution in [0.4, 0.5) is 0 Å². The molecule has 3 aromatic rings. The minimum absolute atomic E-state index is 0.251. The van der Waals surface area contributed by atoms with Crippen LogP contribution in [0.15, 0.2) is 78.9 Å². The average molecular weight is 397 g/mol. The number of aryl methyl sites for hydroxylation is 1. The highest BCUT2D eigenvalue weighted by atomic mass is 16.2. The Morgan fingerprint density at radius 2 is 1.23 bits per heavy atom. The minimum atomic E-state index is -0.558. The summed E-state index contributed by atoms with van der Waals surface area (Å²) in [4.78, 5) is 51.5. The Bertz CT molecular complexity index is 1120. The van der Waals surface area contributed by atoms with Crippen molar-refractivity contribution >= 4 is 23.4 Å². The van der Waals surface area contributed by atoms with Gasteiger partial charge in [0.05, 0.1) is 11.1 Å². The standard InChI is InChI=1S/C25H19NO4/c27-22(18-10-2-1-3-11-18)23(28)19-13-5-4-9-17(19)12-8-16-26-24(29)20-14-6-7-15-21(20)25(26)30/h1-7,9-11,13-15H,8,12,16H2. The molecule has 0 saturated carbocycles. The van der Waals surface area contributed by atoms with Crippen molar-refractivity contribution in [1.29, 1.82) is 0 Å². The fourth-order valence-electron chi connectivity index (χ4n) is 3.67. The summed E-state index contributed by atoms with van der Waals surface area (Å²) in [6.45, 7) is 0.251. The lowest BCUT2D eigenvalue weighted by atomic mass is 9.95. The van der Waals surface area contributed by atoms with Gasteiger partial charge < -0.3 is 0 Å². The summed E-state index contributed by atoms with van der Waals surface area (Å²) in [5.41, 5.74) is 2.28. The van der Waals surface area contributed by atoms with Crippen LogP contribution in [0.3, 0.4) is 0 Å². The molecule has 0 radical (unpaired) electrons. The molecule has 3 aromatic carbocycles. The number of hydrogen-bond acceptors (Lipinski definition) is 4. The summed E-state index contributed by atoms with van der Waals surface area (Å²) in [7, 11) is 0. The second-order valence-electron chi connectivity index (χ2n) is 7.09. The number of fused-ring (bicyclic) bond motifs is 1. The van der Waals surface area contributed by atoms with Gasteiger partial charge in [-0.1, -0.05) is 66.7 Å². The predicted molar refractivity (Wildman–Crippen MR) is 112 cm³/mol. The van der Waals surface area contributed by atoms with Gasteiger partial charge in [-0.3, -0.25) is 24.1 Å². The normalized spacial score (nSPS) is 12.7. The van der Waals surface area contributed by atoms with E-state index in [9.17, 15) is 19.2 Å². The number of carbonyl (C=O) groups excluding carboxylic acids is 4. The number of imide groups is 1. The number of Topliss-reactive ketones (excluding diaryl/α,β-unsaturated/α-hetero) is 2. The highest BCUT2D eigenvalue weighted by Crippen LogP contribution is 2.23. The Kier molecular flexibility index (Phi) is 5.35. The first kappa shape index (κ1) is 19.5. The van der Waals surface area contributed by atoms with E-state index >= 15 is 0 Å². The zero-order valence-corrected chi connectivity index (χ0v) is 16.2. The van der Waals surface area contributed by atoms with Crippen LogP contribution in [-0.4, -0.2) is 34.8 Å². The maximum absolute atomic E-state index is 12.8. The molecule has 1 aliphatic heterocycles. The molecule has 0 aromatic heterocycles. The Morgan fingerprint density at radius 1 is 0.667 bits per heavy atom. The van der Waals surface area contributed by atoms with E-state index in [4.69, 9.17) is 0 Å². The summed E-state index contributed by atoms with van der Waals surface area (Å²) >= 11 is 0. The Morgan fingerprint density at radius 3 is 1.90 bits per heavy atom. The van der Waals surface area contributed by atoms with Crippen molar-refractivity contribution in [1.82, 2.24) is 4.90 Å². The Hall–Kier alpha value is -3.86. The van der Waals surface area contributed by atoms with Gasteiger partial charge >= 0.3 is 0 Å². The molecule has 0 N–H and O–H groups in total. The van der Waals surface area contributed by atoms with E-state index in [0.29, 0.717) is 35.1 Å². The number of ketones is 2. The molecular formula is C25H19NO4. The van der Waals surface area contributed by atoms with E-state index in [2.05, 4.69) is 0 Å². The van der Waals surface area contributed by atoms with E-state index in [-0.39, 0.29) is 18.4 Å². The summed E-state index contributed by atoms with van der Waals surface area (Å²) in [6.07, 6.45) is 0.965. The van der Waals surface area contributed by atoms with Gasteiger partial charge in [-0.05, 0) is 30.5 Å². The maximum atomic E-state index is 12.8. The third-order valence-corrected chi connectivity index (χ3v) is 5.21. The number of amides is 2. The molecule has 2 amide bonds. The van der Waals surface area contributed by atoms with Gasteiger partial charge in [0, 0.05) is 17.7 Å². The van der Waals surface area contributed by atoms with Gasteiger partial charge in [-0.2, -0.15) is 0 Å². The molecule has 5 nitrogen and oxygen atoms in total. The topological polar surface area (TPSA) is 71.5 Å². The number of carbonyl (C=O) groups is 4. The fraction of sp³-hybridized carbons (Fsp3) is 0.120. The van der Waals surface area contributed by atoms with E-state index in [0.717, 1.165) is 5.56 Å². The first-order valence-electron chi connectivity index (χ1n) is 9.75. The minimum Gasteiger partial charge on any atom is -0.285 e. The third kappa shape index (κ3) is 3.57. The number of hydrogen-bond donors (Lipinski definition) is 0. The molecular weight excluding hydrogens is 378 g/mol. The van der Waals surface area contributed by atoms with Crippen molar-refractivity contribution in [3.8, 4) is 0 Å². The van der Waals surface area contributed by atoms with Crippen molar-refractivity contribution in [3.63, 3.8) is 0 Å². The molecule has 0 saturated heterocycles. The van der Waals surface area contributed by atoms with Crippen LogP contribution in [0.2, 0.25) is 0 Å². The molecule has 5 heteroatoms. The highest BCUT2D eigenvalue weighted by Gasteiger charge is 2.34. The van der Waals surface area contributed by atoms with Gasteiger partial charge in [-0.15, -0.1) is 0 Å². The van der Waals surface area contributed by atoms with Crippen LogP contribution in [0.25, 0.3) is 0 Å². The number of benzene rings is 3. The second kappa shape index (κ2) is 8.25. The summed E-state index contributed by atoms with van der Waals surface area (Å²) in [5.74, 6) is -1.70. The van der Waals surface area contributed by atoms with Gasteiger partial charge in [0.1, 0.15) is 0 Å². The fourth-order valence-corrected chi connectivity index (χ4v) is 3.67. The van der Waals surface area contributed by atoms with Crippen LogP contribution in [-0.2, 0) is 6.42 Å². The molecule has 0 unspecified atom stereocenters. The third-order valence-electron chi connectivity index (χ3n) is 5.21. The van der Waals surface area contributed by atoms with E-state index in [1.807, 2.05) is 0 Å². The maximum Gasteiger partial charge on any atom is 0.261 e. The van der Waals surface area contributed by atoms with Crippen molar-refractivity contribution in [2.45, 2.75) is 12.8 Å². The van der Waals surface area contributed by atoms with Gasteiger partial charge in [-0.25, -0.2) is 0 Å². The first-order valence-corrected chi connectivity index (χ1v) is 9.75. The zero-order valence-electron chi connectivity index (χ0n) is 16.2. The van der Waals surface area contributed by atoms with Gasteiger partial charge in [0.25, 0.3) is 11.8 Å². The molecule has 0 atom stereocenters. The quantitative estimate of drug-likeness (QED) is 0.343. The second-order valence-corrected chi connectivity index (χ2v) is 7.09. The monoisotopic (exact) mass is 397 g/mol. The molecule has 148 valence electrons.